The van der Waals surface area contributed by atoms with Crippen molar-refractivity contribution in [3.63, 3.8) is 0 Å². The number of amides is 1. The molecule has 1 atom stereocenters. The molecule has 0 saturated carbocycles. The Labute approximate surface area is 118 Å². The molecule has 1 aromatic heterocycles. The first-order valence-corrected chi connectivity index (χ1v) is 6.76. The van der Waals surface area contributed by atoms with Crippen LogP contribution in [0.4, 0.5) is 0 Å². The van der Waals surface area contributed by atoms with E-state index in [4.69, 9.17) is 5.26 Å². The van der Waals surface area contributed by atoms with E-state index in [2.05, 4.69) is 16.4 Å². The van der Waals surface area contributed by atoms with E-state index in [9.17, 15) is 4.79 Å². The Morgan fingerprint density at radius 1 is 1.50 bits per heavy atom. The smallest absolute Gasteiger partial charge is 0.240 e. The zero-order chi connectivity index (χ0) is 14.5. The monoisotopic (exact) mass is 270 g/mol. The normalized spacial score (nSPS) is 12.1. The summed E-state index contributed by atoms with van der Waals surface area (Å²) < 4.78 is 1.82. The lowest BCUT2D eigenvalue weighted by Gasteiger charge is -2.13. The summed E-state index contributed by atoms with van der Waals surface area (Å²) in [7, 11) is 0. The Hall–Kier alpha value is -2.35. The van der Waals surface area contributed by atoms with E-state index in [1.165, 1.54) is 0 Å². The molecule has 1 aromatic carbocycles. The summed E-state index contributed by atoms with van der Waals surface area (Å²) in [6.07, 6.45) is 1.09. The lowest BCUT2D eigenvalue weighted by Crippen LogP contribution is -2.34. The third-order valence-electron chi connectivity index (χ3n) is 3.29. The standard InChI is InChI=1S/C15H18N4O/c1-3-11(2)17-15(20)10-19-13-7-5-4-6-12(13)18-14(19)8-9-16/h4-7,11H,3,8,10H2,1-2H3,(H,17,20). The maximum absolute atomic E-state index is 12.0. The van der Waals surface area contributed by atoms with Crippen LogP contribution in [-0.4, -0.2) is 21.5 Å². The Morgan fingerprint density at radius 2 is 2.25 bits per heavy atom. The van der Waals surface area contributed by atoms with Crippen LogP contribution in [0.2, 0.25) is 0 Å². The van der Waals surface area contributed by atoms with Crippen LogP contribution < -0.4 is 5.32 Å². The molecule has 0 saturated heterocycles. The van der Waals surface area contributed by atoms with Gasteiger partial charge in [0.25, 0.3) is 0 Å². The highest BCUT2D eigenvalue weighted by Crippen LogP contribution is 2.16. The van der Waals surface area contributed by atoms with E-state index < -0.39 is 0 Å². The number of hydrogen-bond acceptors (Lipinski definition) is 3. The number of benzene rings is 1. The number of rotatable bonds is 5. The molecule has 2 rings (SSSR count). The van der Waals surface area contributed by atoms with Crippen molar-refractivity contribution in [3.8, 4) is 6.07 Å². The maximum atomic E-state index is 12.0. The van der Waals surface area contributed by atoms with Gasteiger partial charge in [0.1, 0.15) is 12.4 Å². The number of hydrogen-bond donors (Lipinski definition) is 1. The predicted molar refractivity (Wildman–Crippen MR) is 76.9 cm³/mol. The van der Waals surface area contributed by atoms with Gasteiger partial charge in [-0.05, 0) is 25.5 Å². The summed E-state index contributed by atoms with van der Waals surface area (Å²) in [6.45, 7) is 4.20. The molecule has 1 amide bonds. The van der Waals surface area contributed by atoms with Crippen LogP contribution in [-0.2, 0) is 17.8 Å². The van der Waals surface area contributed by atoms with Crippen molar-refractivity contribution >= 4 is 16.9 Å². The summed E-state index contributed by atoms with van der Waals surface area (Å²) in [5, 5.41) is 11.8. The van der Waals surface area contributed by atoms with Gasteiger partial charge in [-0.2, -0.15) is 5.26 Å². The lowest BCUT2D eigenvalue weighted by molar-refractivity contribution is -0.122. The van der Waals surface area contributed by atoms with Gasteiger partial charge in [0.15, 0.2) is 0 Å². The van der Waals surface area contributed by atoms with E-state index in [0.717, 1.165) is 17.5 Å². The van der Waals surface area contributed by atoms with Crippen LogP contribution in [0.3, 0.4) is 0 Å². The largest absolute Gasteiger partial charge is 0.352 e. The van der Waals surface area contributed by atoms with Crippen molar-refractivity contribution in [2.45, 2.75) is 39.3 Å². The molecule has 2 aromatic rings. The number of nitrogens with zero attached hydrogens (tertiary/aromatic N) is 3. The number of carbonyl (C=O) groups is 1. The van der Waals surface area contributed by atoms with Crippen LogP contribution in [0, 0.1) is 11.3 Å². The Bertz CT molecular complexity index is 653. The van der Waals surface area contributed by atoms with E-state index in [0.29, 0.717) is 5.82 Å². The molecule has 20 heavy (non-hydrogen) atoms. The summed E-state index contributed by atoms with van der Waals surface area (Å²) in [4.78, 5) is 16.5. The van der Waals surface area contributed by atoms with Crippen molar-refractivity contribution in [2.24, 2.45) is 0 Å². The zero-order valence-electron chi connectivity index (χ0n) is 11.8. The molecule has 0 aliphatic rings. The van der Waals surface area contributed by atoms with Gasteiger partial charge in [-0.1, -0.05) is 19.1 Å². The second kappa shape index (κ2) is 6.20. The number of nitrogens with one attached hydrogen (secondary N) is 1. The maximum Gasteiger partial charge on any atom is 0.240 e. The average molecular weight is 270 g/mol. The highest BCUT2D eigenvalue weighted by molar-refractivity contribution is 5.81. The summed E-state index contributed by atoms with van der Waals surface area (Å²) in [5.74, 6) is 0.578. The van der Waals surface area contributed by atoms with E-state index in [1.807, 2.05) is 42.7 Å². The molecular weight excluding hydrogens is 252 g/mol. The van der Waals surface area contributed by atoms with Gasteiger partial charge in [-0.25, -0.2) is 4.98 Å². The fourth-order valence-electron chi connectivity index (χ4n) is 2.07. The minimum atomic E-state index is -0.0540. The third kappa shape index (κ3) is 2.97. The molecular formula is C15H18N4O. The zero-order valence-corrected chi connectivity index (χ0v) is 11.8. The van der Waals surface area contributed by atoms with Gasteiger partial charge in [0.05, 0.1) is 23.5 Å². The first kappa shape index (κ1) is 14.1. The van der Waals surface area contributed by atoms with Crippen molar-refractivity contribution in [1.29, 1.82) is 5.26 Å². The average Bonchev–Trinajstić information content (AvgIpc) is 2.77. The highest BCUT2D eigenvalue weighted by Gasteiger charge is 2.14. The molecule has 5 heteroatoms. The van der Waals surface area contributed by atoms with Gasteiger partial charge in [-0.3, -0.25) is 4.79 Å². The number of fused-ring (bicyclic) bond motifs is 1. The van der Waals surface area contributed by atoms with Gasteiger partial charge in [0.2, 0.25) is 5.91 Å². The fraction of sp³-hybridized carbons (Fsp3) is 0.400. The summed E-state index contributed by atoms with van der Waals surface area (Å²) in [6, 6.07) is 9.85. The third-order valence-corrected chi connectivity index (χ3v) is 3.29. The molecule has 1 N–H and O–H groups in total. The molecule has 104 valence electrons. The topological polar surface area (TPSA) is 70.7 Å². The highest BCUT2D eigenvalue weighted by atomic mass is 16.2. The number of nitriles is 1. The van der Waals surface area contributed by atoms with Crippen LogP contribution in [0.15, 0.2) is 24.3 Å². The van der Waals surface area contributed by atoms with E-state index in [-0.39, 0.29) is 24.9 Å². The van der Waals surface area contributed by atoms with Gasteiger partial charge in [-0.15, -0.1) is 0 Å². The van der Waals surface area contributed by atoms with Crippen molar-refractivity contribution in [1.82, 2.24) is 14.9 Å². The number of aromatic nitrogens is 2. The molecule has 0 aliphatic heterocycles. The molecule has 0 spiro atoms. The first-order chi connectivity index (χ1) is 9.65. The summed E-state index contributed by atoms with van der Waals surface area (Å²) in [5.41, 5.74) is 1.70. The molecule has 1 unspecified atom stereocenters. The molecule has 0 aliphatic carbocycles. The minimum Gasteiger partial charge on any atom is -0.352 e. The number of para-hydroxylation sites is 2. The number of carbonyl (C=O) groups excluding carboxylic acids is 1. The first-order valence-electron chi connectivity index (χ1n) is 6.76. The molecule has 5 nitrogen and oxygen atoms in total. The SMILES string of the molecule is CCC(C)NC(=O)Cn1c(CC#N)nc2ccccc21. The summed E-state index contributed by atoms with van der Waals surface area (Å²) >= 11 is 0. The lowest BCUT2D eigenvalue weighted by atomic mass is 10.2. The van der Waals surface area contributed by atoms with E-state index in [1.54, 1.807) is 0 Å². The van der Waals surface area contributed by atoms with Crippen molar-refractivity contribution in [3.05, 3.63) is 30.1 Å². The van der Waals surface area contributed by atoms with Crippen LogP contribution >= 0.6 is 0 Å². The quantitative estimate of drug-likeness (QED) is 0.903. The molecule has 0 radical (unpaired) electrons. The van der Waals surface area contributed by atoms with Gasteiger partial charge in [0, 0.05) is 6.04 Å². The van der Waals surface area contributed by atoms with E-state index >= 15 is 0 Å². The molecule has 0 fully saturated rings. The Kier molecular flexibility index (Phi) is 4.36. The molecule has 0 bridgehead atoms. The second-order valence-corrected chi connectivity index (χ2v) is 4.81. The van der Waals surface area contributed by atoms with Gasteiger partial charge >= 0.3 is 0 Å². The minimum absolute atomic E-state index is 0.0540. The Morgan fingerprint density at radius 3 is 2.95 bits per heavy atom. The van der Waals surface area contributed by atoms with Crippen LogP contribution in [0.25, 0.3) is 11.0 Å². The fourth-order valence-corrected chi connectivity index (χ4v) is 2.07. The van der Waals surface area contributed by atoms with Gasteiger partial charge < -0.3 is 9.88 Å². The Balaban J connectivity index is 2.30. The second-order valence-electron chi connectivity index (χ2n) is 4.81. The van der Waals surface area contributed by atoms with Crippen LogP contribution in [0.5, 0.6) is 0 Å². The number of imidazole rings is 1. The van der Waals surface area contributed by atoms with Crippen molar-refractivity contribution in [2.75, 3.05) is 0 Å². The molecule has 1 heterocycles. The predicted octanol–water partition coefficient (Wildman–Crippen LogP) is 2.02. The van der Waals surface area contributed by atoms with Crippen LogP contribution in [0.1, 0.15) is 26.1 Å². The van der Waals surface area contributed by atoms with Crippen molar-refractivity contribution < 1.29 is 4.79 Å².